The van der Waals surface area contributed by atoms with Gasteiger partial charge in [0.25, 0.3) is 5.91 Å². The highest BCUT2D eigenvalue weighted by Gasteiger charge is 2.32. The molecular formula is C19H24N2O2S. The van der Waals surface area contributed by atoms with E-state index >= 15 is 0 Å². The Balaban J connectivity index is 1.97. The Kier molecular flexibility index (Phi) is 4.90. The van der Waals surface area contributed by atoms with Gasteiger partial charge in [-0.2, -0.15) is 0 Å². The summed E-state index contributed by atoms with van der Waals surface area (Å²) < 4.78 is 1.13. The predicted octanol–water partition coefficient (Wildman–Crippen LogP) is 3.45. The summed E-state index contributed by atoms with van der Waals surface area (Å²) in [6, 6.07) is 8.35. The lowest BCUT2D eigenvalue weighted by molar-refractivity contribution is -0.135. The smallest absolute Gasteiger partial charge is 0.261 e. The van der Waals surface area contributed by atoms with Gasteiger partial charge in [0.15, 0.2) is 0 Å². The number of benzene rings is 1. The van der Waals surface area contributed by atoms with E-state index in [1.807, 2.05) is 30.9 Å². The van der Waals surface area contributed by atoms with E-state index in [0.717, 1.165) is 46.3 Å². The van der Waals surface area contributed by atoms with E-state index in [1.54, 1.807) is 18.4 Å². The van der Waals surface area contributed by atoms with Gasteiger partial charge in [0.05, 0.1) is 4.88 Å². The third-order valence-electron chi connectivity index (χ3n) is 4.73. The first-order valence-electron chi connectivity index (χ1n) is 8.56. The van der Waals surface area contributed by atoms with Gasteiger partial charge in [-0.1, -0.05) is 32.0 Å². The van der Waals surface area contributed by atoms with Gasteiger partial charge in [-0.05, 0) is 36.3 Å². The maximum atomic E-state index is 12.5. The summed E-state index contributed by atoms with van der Waals surface area (Å²) in [6.07, 6.45) is 2.81. The number of amides is 2. The Bertz CT molecular complexity index is 766. The fourth-order valence-electron chi connectivity index (χ4n) is 3.50. The average molecular weight is 344 g/mol. The van der Waals surface area contributed by atoms with Crippen molar-refractivity contribution in [1.82, 2.24) is 10.2 Å². The molecule has 1 aromatic heterocycles. The van der Waals surface area contributed by atoms with Gasteiger partial charge in [0.2, 0.25) is 5.91 Å². The quantitative estimate of drug-likeness (QED) is 0.923. The van der Waals surface area contributed by atoms with Crippen LogP contribution >= 0.6 is 11.3 Å². The van der Waals surface area contributed by atoms with Crippen molar-refractivity contribution >= 4 is 33.2 Å². The molecule has 0 aliphatic carbocycles. The van der Waals surface area contributed by atoms with Crippen LogP contribution in [-0.2, 0) is 11.2 Å². The Morgan fingerprint density at radius 2 is 2.08 bits per heavy atom. The van der Waals surface area contributed by atoms with E-state index in [0.29, 0.717) is 0 Å². The first-order valence-corrected chi connectivity index (χ1v) is 9.37. The molecule has 0 unspecified atom stereocenters. The number of nitrogens with one attached hydrogen (secondary N) is 1. The molecule has 1 aromatic carbocycles. The van der Waals surface area contributed by atoms with Crippen LogP contribution in [0.2, 0.25) is 0 Å². The van der Waals surface area contributed by atoms with E-state index in [9.17, 15) is 9.59 Å². The normalized spacial score (nSPS) is 17.7. The number of likely N-dealkylation sites (tertiary alicyclic amines) is 1. The van der Waals surface area contributed by atoms with Crippen LogP contribution in [0.3, 0.4) is 0 Å². The lowest BCUT2D eigenvalue weighted by atomic mass is 9.99. The van der Waals surface area contributed by atoms with Crippen LogP contribution < -0.4 is 5.32 Å². The molecule has 1 aliphatic rings. The molecule has 1 aliphatic heterocycles. The number of carbonyl (C=O) groups is 2. The van der Waals surface area contributed by atoms with Crippen LogP contribution in [0.15, 0.2) is 24.3 Å². The molecule has 0 radical (unpaired) electrons. The maximum Gasteiger partial charge on any atom is 0.261 e. The summed E-state index contributed by atoms with van der Waals surface area (Å²) in [5, 5.41) is 3.89. The minimum absolute atomic E-state index is 0.0169. The van der Waals surface area contributed by atoms with Gasteiger partial charge in [-0.15, -0.1) is 11.3 Å². The fourth-order valence-corrected chi connectivity index (χ4v) is 4.68. The molecular weight excluding hydrogens is 320 g/mol. The Morgan fingerprint density at radius 3 is 2.79 bits per heavy atom. The monoisotopic (exact) mass is 344 g/mol. The van der Waals surface area contributed by atoms with Crippen molar-refractivity contribution in [2.75, 3.05) is 13.6 Å². The van der Waals surface area contributed by atoms with Gasteiger partial charge >= 0.3 is 0 Å². The summed E-state index contributed by atoms with van der Waals surface area (Å²) in [5.74, 6) is 0.202. The number of thiophene rings is 1. The molecule has 24 heavy (non-hydrogen) atoms. The average Bonchev–Trinajstić information content (AvgIpc) is 3.19. The van der Waals surface area contributed by atoms with Gasteiger partial charge in [0, 0.05) is 30.3 Å². The molecule has 2 aromatic rings. The maximum absolute atomic E-state index is 12.5. The van der Waals surface area contributed by atoms with Gasteiger partial charge < -0.3 is 10.2 Å². The summed E-state index contributed by atoms with van der Waals surface area (Å²) >= 11 is 1.54. The Morgan fingerprint density at radius 1 is 1.33 bits per heavy atom. The van der Waals surface area contributed by atoms with Crippen LogP contribution in [0.4, 0.5) is 0 Å². The van der Waals surface area contributed by atoms with Gasteiger partial charge in [-0.25, -0.2) is 0 Å². The number of rotatable bonds is 4. The third kappa shape index (κ3) is 3.05. The lowest BCUT2D eigenvalue weighted by Gasteiger charge is -2.26. The second kappa shape index (κ2) is 6.93. The summed E-state index contributed by atoms with van der Waals surface area (Å²) in [7, 11) is 1.67. The SMILES string of the molecule is CNC(=O)c1sc2ccccc2c1C[C@@H]1CCCN1C(=O)C(C)C. The minimum Gasteiger partial charge on any atom is -0.354 e. The van der Waals surface area contributed by atoms with Crippen LogP contribution in [0.1, 0.15) is 41.9 Å². The molecule has 0 saturated carbocycles. The molecule has 0 bridgehead atoms. The molecule has 2 amide bonds. The number of hydrogen-bond donors (Lipinski definition) is 1. The zero-order chi connectivity index (χ0) is 17.3. The molecule has 3 rings (SSSR count). The first-order chi connectivity index (χ1) is 11.5. The van der Waals surface area contributed by atoms with Crippen molar-refractivity contribution in [2.45, 2.75) is 39.2 Å². The van der Waals surface area contributed by atoms with Crippen molar-refractivity contribution in [3.63, 3.8) is 0 Å². The standard InChI is InChI=1S/C19H24N2O2S/c1-12(2)19(23)21-10-6-7-13(21)11-15-14-8-4-5-9-16(14)24-17(15)18(22)20-3/h4-5,8-9,12-13H,6-7,10-11H2,1-3H3,(H,20,22)/t13-/m0/s1. The van der Waals surface area contributed by atoms with E-state index in [1.165, 1.54) is 0 Å². The van der Waals surface area contributed by atoms with Crippen molar-refractivity contribution in [3.05, 3.63) is 34.7 Å². The Labute approximate surface area is 146 Å². The fraction of sp³-hybridized carbons (Fsp3) is 0.474. The summed E-state index contributed by atoms with van der Waals surface area (Å²) in [6.45, 7) is 4.74. The first kappa shape index (κ1) is 17.0. The van der Waals surface area contributed by atoms with Crippen molar-refractivity contribution in [1.29, 1.82) is 0 Å². The topological polar surface area (TPSA) is 49.4 Å². The lowest BCUT2D eigenvalue weighted by Crippen LogP contribution is -2.39. The van der Waals surface area contributed by atoms with Crippen LogP contribution in [-0.4, -0.2) is 36.3 Å². The second-order valence-corrected chi connectivity index (χ2v) is 7.72. The number of hydrogen-bond acceptors (Lipinski definition) is 3. The highest BCUT2D eigenvalue weighted by atomic mass is 32.1. The number of fused-ring (bicyclic) bond motifs is 1. The molecule has 4 nitrogen and oxygen atoms in total. The van der Waals surface area contributed by atoms with Gasteiger partial charge in [0.1, 0.15) is 0 Å². The summed E-state index contributed by atoms with van der Waals surface area (Å²) in [4.78, 5) is 27.6. The van der Waals surface area contributed by atoms with Crippen molar-refractivity contribution in [3.8, 4) is 0 Å². The molecule has 128 valence electrons. The van der Waals surface area contributed by atoms with Gasteiger partial charge in [-0.3, -0.25) is 9.59 Å². The van der Waals surface area contributed by atoms with Crippen LogP contribution in [0, 0.1) is 5.92 Å². The van der Waals surface area contributed by atoms with Crippen molar-refractivity contribution in [2.24, 2.45) is 5.92 Å². The third-order valence-corrected chi connectivity index (χ3v) is 5.94. The predicted molar refractivity (Wildman–Crippen MR) is 98.5 cm³/mol. The molecule has 1 N–H and O–H groups in total. The van der Waals surface area contributed by atoms with Crippen molar-refractivity contribution < 1.29 is 9.59 Å². The molecule has 5 heteroatoms. The minimum atomic E-state index is -0.0362. The number of carbonyl (C=O) groups excluding carboxylic acids is 2. The molecule has 1 saturated heterocycles. The van der Waals surface area contributed by atoms with Crippen LogP contribution in [0.5, 0.6) is 0 Å². The summed E-state index contributed by atoms with van der Waals surface area (Å²) in [5.41, 5.74) is 1.09. The van der Waals surface area contributed by atoms with Crippen LogP contribution in [0.25, 0.3) is 10.1 Å². The highest BCUT2D eigenvalue weighted by molar-refractivity contribution is 7.21. The number of nitrogens with zero attached hydrogens (tertiary/aromatic N) is 1. The van der Waals surface area contributed by atoms with E-state index < -0.39 is 0 Å². The molecule has 0 spiro atoms. The molecule has 1 atom stereocenters. The largest absolute Gasteiger partial charge is 0.354 e. The van der Waals surface area contributed by atoms with E-state index in [2.05, 4.69) is 17.4 Å². The van der Waals surface area contributed by atoms with E-state index in [4.69, 9.17) is 0 Å². The Hall–Kier alpha value is -1.88. The molecule has 2 heterocycles. The van der Waals surface area contributed by atoms with E-state index in [-0.39, 0.29) is 23.8 Å². The second-order valence-electron chi connectivity index (χ2n) is 6.67. The highest BCUT2D eigenvalue weighted by Crippen LogP contribution is 2.34. The zero-order valence-electron chi connectivity index (χ0n) is 14.5. The zero-order valence-corrected chi connectivity index (χ0v) is 15.3. The molecule has 1 fully saturated rings.